The van der Waals surface area contributed by atoms with E-state index in [1.54, 1.807) is 33.9 Å². The topological polar surface area (TPSA) is 132 Å². The molecule has 3 amide bonds. The summed E-state index contributed by atoms with van der Waals surface area (Å²) in [6.45, 7) is 5.73. The van der Waals surface area contributed by atoms with Crippen LogP contribution in [0.15, 0.2) is 59.6 Å². The minimum atomic E-state index is -0.933. The van der Waals surface area contributed by atoms with E-state index in [-0.39, 0.29) is 30.5 Å². The van der Waals surface area contributed by atoms with Crippen molar-refractivity contribution in [1.82, 2.24) is 9.80 Å². The third-order valence-electron chi connectivity index (χ3n) is 6.30. The number of urea groups is 1. The molecular weight excluding hydrogens is 504 g/mol. The number of non-ortho nitro benzene ring substituents is 1. The maximum Gasteiger partial charge on any atom is 0.344 e. The number of carbonyl (C=O) groups is 3. The zero-order valence-electron chi connectivity index (χ0n) is 22.6. The molecule has 0 saturated carbocycles. The van der Waals surface area contributed by atoms with Gasteiger partial charge in [0.1, 0.15) is 12.5 Å². The number of aliphatic imine (C=N–C) groups is 1. The molecule has 0 aliphatic carbocycles. The van der Waals surface area contributed by atoms with Crippen molar-refractivity contribution in [2.75, 3.05) is 26.7 Å². The first-order valence-electron chi connectivity index (χ1n) is 12.7. The van der Waals surface area contributed by atoms with Gasteiger partial charge in [0.05, 0.1) is 23.7 Å². The molecule has 0 saturated heterocycles. The Kier molecular flexibility index (Phi) is 10.3. The number of nitro benzene ring substituents is 1. The average Bonchev–Trinajstić information content (AvgIpc) is 2.89. The highest BCUT2D eigenvalue weighted by molar-refractivity contribution is 6.08. The highest BCUT2D eigenvalue weighted by atomic mass is 16.6. The summed E-state index contributed by atoms with van der Waals surface area (Å²) in [5.74, 6) is -1.71. The lowest BCUT2D eigenvalue weighted by molar-refractivity contribution is -0.385. The van der Waals surface area contributed by atoms with Crippen LogP contribution in [-0.4, -0.2) is 71.2 Å². The van der Waals surface area contributed by atoms with E-state index < -0.39 is 35.0 Å². The molecule has 0 radical (unpaired) electrons. The quantitative estimate of drug-likeness (QED) is 0.225. The van der Waals surface area contributed by atoms with Gasteiger partial charge in [0, 0.05) is 38.0 Å². The first-order chi connectivity index (χ1) is 18.6. The Hall–Kier alpha value is -4.12. The Bertz CT molecular complexity index is 1220. The van der Waals surface area contributed by atoms with Gasteiger partial charge in [0.15, 0.2) is 0 Å². The fourth-order valence-electron chi connectivity index (χ4n) is 4.39. The second kappa shape index (κ2) is 13.6. The molecule has 39 heavy (non-hydrogen) atoms. The number of hydrogen-bond donors (Lipinski definition) is 0. The smallest absolute Gasteiger partial charge is 0.344 e. The van der Waals surface area contributed by atoms with E-state index >= 15 is 0 Å². The number of benzene rings is 2. The van der Waals surface area contributed by atoms with Gasteiger partial charge in [0.25, 0.3) is 5.69 Å². The van der Waals surface area contributed by atoms with E-state index in [4.69, 9.17) is 9.47 Å². The van der Waals surface area contributed by atoms with Crippen LogP contribution in [0.3, 0.4) is 0 Å². The van der Waals surface area contributed by atoms with E-state index in [0.717, 1.165) is 5.56 Å². The number of nitro groups is 1. The third kappa shape index (κ3) is 7.93. The number of esters is 1. The fourth-order valence-corrected chi connectivity index (χ4v) is 4.39. The fraction of sp³-hybridized carbons (Fsp3) is 0.429. The lowest BCUT2D eigenvalue weighted by atomic mass is 9.86. The number of amides is 3. The summed E-state index contributed by atoms with van der Waals surface area (Å²) in [7, 11) is 1.65. The molecule has 1 aliphatic heterocycles. The molecule has 11 nitrogen and oxygen atoms in total. The SMILES string of the molecule is CC1=NC(=O)N(CCCN(C)C(=O)COCc2ccccc2)C(c2cccc([N+](=O)[O-])c2)C1C(=O)OC(C)C. The number of carbonyl (C=O) groups excluding carboxylic acids is 3. The monoisotopic (exact) mass is 538 g/mol. The molecule has 208 valence electrons. The van der Waals surface area contributed by atoms with Crippen LogP contribution < -0.4 is 0 Å². The van der Waals surface area contributed by atoms with Gasteiger partial charge in [-0.1, -0.05) is 42.5 Å². The van der Waals surface area contributed by atoms with Crippen molar-refractivity contribution >= 4 is 29.3 Å². The summed E-state index contributed by atoms with van der Waals surface area (Å²) in [4.78, 5) is 56.6. The van der Waals surface area contributed by atoms with Gasteiger partial charge in [-0.25, -0.2) is 9.79 Å². The van der Waals surface area contributed by atoms with Crippen molar-refractivity contribution in [3.63, 3.8) is 0 Å². The van der Waals surface area contributed by atoms with Crippen LogP contribution in [0.4, 0.5) is 10.5 Å². The van der Waals surface area contributed by atoms with Gasteiger partial charge < -0.3 is 19.3 Å². The zero-order chi connectivity index (χ0) is 28.5. The standard InChI is InChI=1S/C28H34N4O7/c1-19(2)39-27(34)25-20(3)29-28(35)31(26(25)22-12-8-13-23(16-22)32(36)37)15-9-14-30(4)24(33)18-38-17-21-10-6-5-7-11-21/h5-8,10-13,16,19,25-26H,9,14-15,17-18H2,1-4H3. The minimum absolute atomic E-state index is 0.0864. The lowest BCUT2D eigenvalue weighted by Crippen LogP contribution is -2.48. The van der Waals surface area contributed by atoms with E-state index in [2.05, 4.69) is 4.99 Å². The summed E-state index contributed by atoms with van der Waals surface area (Å²) in [6, 6.07) is 14.0. The predicted octanol–water partition coefficient (Wildman–Crippen LogP) is 4.17. The summed E-state index contributed by atoms with van der Waals surface area (Å²) < 4.78 is 11.0. The first-order valence-corrected chi connectivity index (χ1v) is 12.7. The van der Waals surface area contributed by atoms with E-state index in [1.807, 2.05) is 30.3 Å². The molecule has 2 aromatic carbocycles. The Labute approximate surface area is 227 Å². The van der Waals surface area contributed by atoms with Crippen molar-refractivity contribution in [2.45, 2.75) is 45.9 Å². The number of rotatable bonds is 12. The molecule has 1 heterocycles. The van der Waals surface area contributed by atoms with Gasteiger partial charge in [-0.05, 0) is 38.3 Å². The van der Waals surface area contributed by atoms with Crippen molar-refractivity contribution in [2.24, 2.45) is 10.9 Å². The largest absolute Gasteiger partial charge is 0.462 e. The van der Waals surface area contributed by atoms with Gasteiger partial charge in [-0.3, -0.25) is 19.7 Å². The van der Waals surface area contributed by atoms with Gasteiger partial charge >= 0.3 is 12.0 Å². The number of hydrogen-bond acceptors (Lipinski definition) is 7. The second-order valence-corrected chi connectivity index (χ2v) is 9.64. The summed E-state index contributed by atoms with van der Waals surface area (Å²) >= 11 is 0. The van der Waals surface area contributed by atoms with E-state index in [1.165, 1.54) is 28.0 Å². The van der Waals surface area contributed by atoms with Gasteiger partial charge in [0.2, 0.25) is 5.91 Å². The predicted molar refractivity (Wildman–Crippen MR) is 144 cm³/mol. The van der Waals surface area contributed by atoms with E-state index in [0.29, 0.717) is 25.1 Å². The summed E-state index contributed by atoms with van der Waals surface area (Å²) in [6.07, 6.45) is -0.00980. The third-order valence-corrected chi connectivity index (χ3v) is 6.30. The van der Waals surface area contributed by atoms with Crippen molar-refractivity contribution in [1.29, 1.82) is 0 Å². The summed E-state index contributed by atoms with van der Waals surface area (Å²) in [5.41, 5.74) is 1.51. The number of likely N-dealkylation sites (N-methyl/N-ethyl adjacent to an activating group) is 1. The maximum absolute atomic E-state index is 13.1. The number of nitrogens with zero attached hydrogens (tertiary/aromatic N) is 4. The maximum atomic E-state index is 13.1. The van der Waals surface area contributed by atoms with Crippen LogP contribution in [-0.2, 0) is 25.7 Å². The molecule has 0 fully saturated rings. The molecule has 2 atom stereocenters. The van der Waals surface area contributed by atoms with Crippen molar-refractivity contribution < 1.29 is 28.8 Å². The molecule has 1 aliphatic rings. The Morgan fingerprint density at radius 3 is 2.54 bits per heavy atom. The highest BCUT2D eigenvalue weighted by Gasteiger charge is 2.43. The van der Waals surface area contributed by atoms with Crippen LogP contribution in [0.25, 0.3) is 0 Å². The Balaban J connectivity index is 1.72. The molecule has 0 aromatic heterocycles. The molecule has 2 unspecified atom stereocenters. The Morgan fingerprint density at radius 1 is 1.15 bits per heavy atom. The molecule has 11 heteroatoms. The molecule has 3 rings (SSSR count). The van der Waals surface area contributed by atoms with Crippen molar-refractivity contribution in [3.8, 4) is 0 Å². The average molecular weight is 539 g/mol. The highest BCUT2D eigenvalue weighted by Crippen LogP contribution is 2.36. The van der Waals surface area contributed by atoms with Crippen LogP contribution >= 0.6 is 0 Å². The van der Waals surface area contributed by atoms with E-state index in [9.17, 15) is 24.5 Å². The van der Waals surface area contributed by atoms with Crippen LogP contribution in [0.2, 0.25) is 0 Å². The molecular formula is C28H34N4O7. The van der Waals surface area contributed by atoms with Crippen LogP contribution in [0, 0.1) is 16.0 Å². The first kappa shape index (κ1) is 29.4. The molecule has 0 spiro atoms. The van der Waals surface area contributed by atoms with Crippen LogP contribution in [0.1, 0.15) is 44.4 Å². The normalized spacial score (nSPS) is 17.1. The molecule has 0 N–H and O–H groups in total. The second-order valence-electron chi connectivity index (χ2n) is 9.64. The van der Waals surface area contributed by atoms with Crippen LogP contribution in [0.5, 0.6) is 0 Å². The van der Waals surface area contributed by atoms with Gasteiger partial charge in [-0.15, -0.1) is 0 Å². The lowest BCUT2D eigenvalue weighted by Gasteiger charge is -2.39. The zero-order valence-corrected chi connectivity index (χ0v) is 22.6. The molecule has 0 bridgehead atoms. The minimum Gasteiger partial charge on any atom is -0.462 e. The van der Waals surface area contributed by atoms with Crippen molar-refractivity contribution in [3.05, 3.63) is 75.8 Å². The number of ether oxygens (including phenoxy) is 2. The molecule has 2 aromatic rings. The van der Waals surface area contributed by atoms with Gasteiger partial charge in [-0.2, -0.15) is 0 Å². The Morgan fingerprint density at radius 2 is 1.87 bits per heavy atom. The summed E-state index contributed by atoms with van der Waals surface area (Å²) in [5, 5.41) is 11.4.